The first-order chi connectivity index (χ1) is 5.78. The monoisotopic (exact) mass is 302 g/mol. The van der Waals surface area contributed by atoms with Gasteiger partial charge in [0.15, 0.2) is 5.60 Å². The third-order valence-corrected chi connectivity index (χ3v) is 1.29. The van der Waals surface area contributed by atoms with Crippen molar-refractivity contribution < 1.29 is 159 Å². The Balaban J connectivity index is -0.0000000720. The van der Waals surface area contributed by atoms with Gasteiger partial charge in [-0.15, -0.1) is 0 Å². The Morgan fingerprint density at radius 3 is 1.11 bits per heavy atom. The molecule has 0 bridgehead atoms. The number of carboxylic acids is 3. The molecule has 0 saturated carbocycles. The minimum atomic E-state index is -2.74. The molecule has 0 aliphatic carbocycles. The third-order valence-electron chi connectivity index (χ3n) is 1.29. The van der Waals surface area contributed by atoms with E-state index in [0.29, 0.717) is 0 Å². The van der Waals surface area contributed by atoms with Gasteiger partial charge in [0.05, 0.1) is 12.8 Å². The molecule has 0 rings (SSSR count). The van der Waals surface area contributed by atoms with E-state index in [0.717, 1.165) is 0 Å². The number of carbonyl (C=O) groups is 3. The molecule has 0 unspecified atom stereocenters. The van der Waals surface area contributed by atoms with E-state index in [-0.39, 0.29) is 124 Å². The summed E-state index contributed by atoms with van der Waals surface area (Å²) in [5, 5.41) is 33.8. The zero-order valence-corrected chi connectivity index (χ0v) is 18.9. The van der Waals surface area contributed by atoms with Gasteiger partial charge in [0.2, 0.25) is 0 Å². The fourth-order valence-corrected chi connectivity index (χ4v) is 0.714. The Labute approximate surface area is 191 Å². The second-order valence-corrected chi connectivity index (χ2v) is 2.48. The van der Waals surface area contributed by atoms with Crippen LogP contribution in [0.15, 0.2) is 0 Å². The Morgan fingerprint density at radius 1 is 0.778 bits per heavy atom. The molecule has 0 radical (unpaired) electrons. The predicted molar refractivity (Wildman–Crippen MR) is 40.7 cm³/mol. The van der Waals surface area contributed by atoms with Crippen molar-refractivity contribution in [3.05, 3.63) is 0 Å². The molecular formula is C6H10Na4O8+4. The van der Waals surface area contributed by atoms with Crippen LogP contribution < -0.4 is 118 Å². The summed E-state index contributed by atoms with van der Waals surface area (Å²) in [5.41, 5.74) is -2.74. The van der Waals surface area contributed by atoms with Crippen molar-refractivity contribution >= 4 is 17.9 Å². The van der Waals surface area contributed by atoms with Gasteiger partial charge >= 0.3 is 136 Å². The molecular weight excluding hydrogens is 292 g/mol. The van der Waals surface area contributed by atoms with Crippen LogP contribution in [-0.4, -0.2) is 49.4 Å². The Bertz CT molecular complexity index is 242. The van der Waals surface area contributed by atoms with Gasteiger partial charge in [0.25, 0.3) is 0 Å². The largest absolute Gasteiger partial charge is 1.00 e. The maximum absolute atomic E-state index is 10.3. The second-order valence-electron chi connectivity index (χ2n) is 2.48. The third kappa shape index (κ3) is 16.4. The number of carboxylic acid groups (broad SMARTS) is 3. The summed E-state index contributed by atoms with van der Waals surface area (Å²) < 4.78 is 0. The molecule has 12 heteroatoms. The van der Waals surface area contributed by atoms with Gasteiger partial charge in [-0.3, -0.25) is 9.59 Å². The molecule has 0 fully saturated rings. The first kappa shape index (κ1) is 37.0. The van der Waals surface area contributed by atoms with Crippen molar-refractivity contribution in [3.63, 3.8) is 0 Å². The summed E-state index contributed by atoms with van der Waals surface area (Å²) in [7, 11) is 0. The van der Waals surface area contributed by atoms with Gasteiger partial charge in [-0.1, -0.05) is 0 Å². The molecule has 0 aromatic heterocycles. The number of hydrogen-bond acceptors (Lipinski definition) is 4. The maximum Gasteiger partial charge on any atom is 1.00 e. The molecule has 0 aliphatic rings. The topological polar surface area (TPSA) is 164 Å². The van der Waals surface area contributed by atoms with Crippen LogP contribution in [0, 0.1) is 0 Å². The van der Waals surface area contributed by atoms with E-state index in [1.165, 1.54) is 0 Å². The quantitative estimate of drug-likeness (QED) is 0.366. The summed E-state index contributed by atoms with van der Waals surface area (Å²) >= 11 is 0. The smallest absolute Gasteiger partial charge is 0.481 e. The summed E-state index contributed by atoms with van der Waals surface area (Å²) in [4.78, 5) is 30.5. The molecule has 6 N–H and O–H groups in total. The molecule has 0 spiro atoms. The van der Waals surface area contributed by atoms with E-state index in [2.05, 4.69) is 0 Å². The maximum atomic E-state index is 10.3. The van der Waals surface area contributed by atoms with Crippen LogP contribution in [0.1, 0.15) is 12.8 Å². The fraction of sp³-hybridized carbons (Fsp3) is 0.500. The van der Waals surface area contributed by atoms with E-state index in [9.17, 15) is 14.4 Å². The van der Waals surface area contributed by atoms with Crippen LogP contribution in [0.4, 0.5) is 0 Å². The van der Waals surface area contributed by atoms with Gasteiger partial charge < -0.3 is 25.9 Å². The number of hydrogen-bond donors (Lipinski definition) is 4. The van der Waals surface area contributed by atoms with Crippen LogP contribution in [0.25, 0.3) is 0 Å². The molecule has 0 amide bonds. The van der Waals surface area contributed by atoms with Crippen LogP contribution in [0.5, 0.6) is 0 Å². The van der Waals surface area contributed by atoms with Crippen molar-refractivity contribution in [1.82, 2.24) is 0 Å². The van der Waals surface area contributed by atoms with Gasteiger partial charge in [0.1, 0.15) is 0 Å². The Kier molecular flexibility index (Phi) is 35.7. The van der Waals surface area contributed by atoms with Crippen molar-refractivity contribution in [2.75, 3.05) is 0 Å². The minimum absolute atomic E-state index is 0. The van der Waals surface area contributed by atoms with Crippen LogP contribution in [-0.2, 0) is 14.4 Å². The van der Waals surface area contributed by atoms with Gasteiger partial charge in [-0.05, 0) is 0 Å². The first-order valence-corrected chi connectivity index (χ1v) is 3.17. The van der Waals surface area contributed by atoms with Crippen LogP contribution in [0.3, 0.4) is 0 Å². The molecule has 0 atom stereocenters. The number of rotatable bonds is 5. The van der Waals surface area contributed by atoms with Crippen LogP contribution >= 0.6 is 0 Å². The molecule has 0 aromatic carbocycles. The van der Waals surface area contributed by atoms with Gasteiger partial charge in [-0.2, -0.15) is 0 Å². The van der Waals surface area contributed by atoms with E-state index in [1.54, 1.807) is 0 Å². The second kappa shape index (κ2) is 17.4. The van der Waals surface area contributed by atoms with Crippen molar-refractivity contribution in [2.45, 2.75) is 18.4 Å². The Hall–Kier alpha value is 2.33. The standard InChI is InChI=1S/C6H8O7.4Na.H2O/c7-3(8)1-6(13,5(11)12)2-4(9)10;;;;;/h13H,1-2H2,(H,7,8)(H,9,10)(H,11,12);;;;;1H2/q;4*+1;. The summed E-state index contributed by atoms with van der Waals surface area (Å²) in [6.07, 6.45) is -2.29. The first-order valence-electron chi connectivity index (χ1n) is 3.17. The molecule has 18 heavy (non-hydrogen) atoms. The fourth-order valence-electron chi connectivity index (χ4n) is 0.714. The minimum Gasteiger partial charge on any atom is -0.481 e. The zero-order chi connectivity index (χ0) is 10.6. The molecule has 0 aliphatic heterocycles. The number of aliphatic carboxylic acids is 3. The van der Waals surface area contributed by atoms with E-state index >= 15 is 0 Å². The normalized spacial score (nSPS) is 7.83. The van der Waals surface area contributed by atoms with Gasteiger partial charge in [-0.25, -0.2) is 4.79 Å². The molecule has 8 nitrogen and oxygen atoms in total. The molecule has 82 valence electrons. The summed E-state index contributed by atoms with van der Waals surface area (Å²) in [6.45, 7) is 0. The van der Waals surface area contributed by atoms with Crippen LogP contribution in [0.2, 0.25) is 0 Å². The molecule has 0 saturated heterocycles. The van der Waals surface area contributed by atoms with E-state index in [4.69, 9.17) is 20.4 Å². The average molecular weight is 302 g/mol. The predicted octanol–water partition coefficient (Wildman–Crippen LogP) is -14.1. The molecule has 0 heterocycles. The SMILES string of the molecule is O.O=C(O)CC(O)(CC(=O)O)C(=O)O.[Na+].[Na+].[Na+].[Na+]. The summed E-state index contributed by atoms with van der Waals surface area (Å²) in [5.74, 6) is -5.02. The summed E-state index contributed by atoms with van der Waals surface area (Å²) in [6, 6.07) is 0. The van der Waals surface area contributed by atoms with Crippen molar-refractivity contribution in [3.8, 4) is 0 Å². The average Bonchev–Trinajstić information content (AvgIpc) is 1.82. The number of aliphatic hydroxyl groups is 1. The Morgan fingerprint density at radius 2 is 1.00 bits per heavy atom. The molecule has 0 aromatic rings. The van der Waals surface area contributed by atoms with E-state index in [1.807, 2.05) is 0 Å². The van der Waals surface area contributed by atoms with Gasteiger partial charge in [0, 0.05) is 0 Å². The van der Waals surface area contributed by atoms with Crippen molar-refractivity contribution in [2.24, 2.45) is 0 Å². The van der Waals surface area contributed by atoms with Crippen molar-refractivity contribution in [1.29, 1.82) is 0 Å². The van der Waals surface area contributed by atoms with E-state index < -0.39 is 36.4 Å². The zero-order valence-electron chi connectivity index (χ0n) is 10.9.